The van der Waals surface area contributed by atoms with Crippen molar-refractivity contribution in [3.63, 3.8) is 0 Å². The van der Waals surface area contributed by atoms with Gasteiger partial charge in [-0.05, 0) is 45.0 Å². The van der Waals surface area contributed by atoms with Gasteiger partial charge in [0.1, 0.15) is 5.54 Å². The Labute approximate surface area is 128 Å². The molecule has 0 saturated heterocycles. The second-order valence-corrected chi connectivity index (χ2v) is 6.12. The van der Waals surface area contributed by atoms with Crippen molar-refractivity contribution in [1.29, 1.82) is 0 Å². The van der Waals surface area contributed by atoms with E-state index in [0.29, 0.717) is 12.3 Å². The molecule has 0 spiro atoms. The average Bonchev–Trinajstić information content (AvgIpc) is 2.47. The maximum atomic E-state index is 12.1. The molecule has 0 heterocycles. The van der Waals surface area contributed by atoms with Gasteiger partial charge in [0.05, 0.1) is 0 Å². The Morgan fingerprint density at radius 3 is 2.38 bits per heavy atom. The Kier molecular flexibility index (Phi) is 6.85. The number of rotatable bonds is 9. The number of carbonyl (C=O) groups excluding carboxylic acids is 1. The van der Waals surface area contributed by atoms with Crippen molar-refractivity contribution in [2.24, 2.45) is 11.7 Å². The van der Waals surface area contributed by atoms with Crippen LogP contribution in [0.1, 0.15) is 32.3 Å². The zero-order valence-corrected chi connectivity index (χ0v) is 13.7. The van der Waals surface area contributed by atoms with E-state index < -0.39 is 5.54 Å². The van der Waals surface area contributed by atoms with E-state index in [1.165, 1.54) is 0 Å². The van der Waals surface area contributed by atoms with Gasteiger partial charge in [-0.1, -0.05) is 44.2 Å². The number of nitrogens with two attached hydrogens (primary N) is 1. The normalized spacial score (nSPS) is 14.4. The molecule has 0 aromatic heterocycles. The zero-order chi connectivity index (χ0) is 15.9. The first-order valence-electron chi connectivity index (χ1n) is 7.65. The first kappa shape index (κ1) is 17.7. The fraction of sp³-hybridized carbons (Fsp3) is 0.588. The summed E-state index contributed by atoms with van der Waals surface area (Å²) in [5.74, 6) is 0.361. The number of benzene rings is 1. The second-order valence-electron chi connectivity index (χ2n) is 6.12. The lowest BCUT2D eigenvalue weighted by Gasteiger charge is -2.32. The maximum Gasteiger partial charge on any atom is 0.242 e. The molecule has 0 fully saturated rings. The molecule has 118 valence electrons. The molecule has 1 aromatic carbocycles. The minimum atomic E-state index is -0.798. The highest BCUT2D eigenvalue weighted by atomic mass is 16.1. The smallest absolute Gasteiger partial charge is 0.242 e. The summed E-state index contributed by atoms with van der Waals surface area (Å²) in [7, 11) is 3.89. The molecule has 0 aliphatic rings. The van der Waals surface area contributed by atoms with Crippen LogP contribution in [0.15, 0.2) is 30.3 Å². The fourth-order valence-corrected chi connectivity index (χ4v) is 2.47. The van der Waals surface area contributed by atoms with Gasteiger partial charge < -0.3 is 16.0 Å². The molecular weight excluding hydrogens is 262 g/mol. The van der Waals surface area contributed by atoms with Gasteiger partial charge in [0.2, 0.25) is 5.91 Å². The van der Waals surface area contributed by atoms with Gasteiger partial charge >= 0.3 is 0 Å². The van der Waals surface area contributed by atoms with E-state index >= 15 is 0 Å². The van der Waals surface area contributed by atoms with E-state index in [2.05, 4.69) is 31.1 Å². The average molecular weight is 291 g/mol. The van der Waals surface area contributed by atoms with Gasteiger partial charge in [-0.15, -0.1) is 0 Å². The van der Waals surface area contributed by atoms with Crippen molar-refractivity contribution >= 4 is 5.91 Å². The van der Waals surface area contributed by atoms with E-state index in [0.717, 1.165) is 25.1 Å². The number of carbonyl (C=O) groups is 1. The predicted octanol–water partition coefficient (Wildman–Crippen LogP) is 1.95. The molecule has 21 heavy (non-hydrogen) atoms. The molecule has 1 rings (SSSR count). The molecule has 0 bridgehead atoms. The van der Waals surface area contributed by atoms with Gasteiger partial charge in [-0.3, -0.25) is 4.79 Å². The summed E-state index contributed by atoms with van der Waals surface area (Å²) in [6.07, 6.45) is 1.82. The van der Waals surface area contributed by atoms with Gasteiger partial charge in [0.25, 0.3) is 0 Å². The summed E-state index contributed by atoms with van der Waals surface area (Å²) >= 11 is 0. The molecule has 1 unspecified atom stereocenters. The fourth-order valence-electron chi connectivity index (χ4n) is 2.47. The Hall–Kier alpha value is -1.39. The highest BCUT2D eigenvalue weighted by Crippen LogP contribution is 2.25. The van der Waals surface area contributed by atoms with Gasteiger partial charge in [0.15, 0.2) is 0 Å². The van der Waals surface area contributed by atoms with E-state index in [4.69, 9.17) is 5.73 Å². The van der Waals surface area contributed by atoms with Crippen molar-refractivity contribution in [3.05, 3.63) is 35.9 Å². The van der Waals surface area contributed by atoms with Crippen molar-refractivity contribution in [3.8, 4) is 0 Å². The number of primary amides is 1. The van der Waals surface area contributed by atoms with Crippen LogP contribution < -0.4 is 11.1 Å². The van der Waals surface area contributed by atoms with Gasteiger partial charge in [-0.25, -0.2) is 0 Å². The van der Waals surface area contributed by atoms with Crippen molar-refractivity contribution in [2.75, 3.05) is 27.2 Å². The minimum Gasteiger partial charge on any atom is -0.368 e. The Morgan fingerprint density at radius 2 is 1.90 bits per heavy atom. The van der Waals surface area contributed by atoms with Crippen LogP contribution in [0.2, 0.25) is 0 Å². The summed E-state index contributed by atoms with van der Waals surface area (Å²) in [4.78, 5) is 14.3. The van der Waals surface area contributed by atoms with Crippen molar-refractivity contribution in [2.45, 2.75) is 32.2 Å². The maximum absolute atomic E-state index is 12.1. The standard InChI is InChI=1S/C17H29N3O/c1-14(2)10-12-20(4)13-11-17(19-3,16(18)21)15-8-6-5-7-9-15/h5-9,14,19H,10-13H2,1-4H3,(H2,18,21). The van der Waals surface area contributed by atoms with Crippen LogP contribution in [0.3, 0.4) is 0 Å². The molecule has 1 aromatic rings. The van der Waals surface area contributed by atoms with E-state index in [-0.39, 0.29) is 5.91 Å². The molecule has 0 radical (unpaired) electrons. The molecule has 3 N–H and O–H groups in total. The second kappa shape index (κ2) is 8.15. The summed E-state index contributed by atoms with van der Waals surface area (Å²) in [6, 6.07) is 9.73. The SMILES string of the molecule is CNC(CCN(C)CCC(C)C)(C(N)=O)c1ccccc1. The highest BCUT2D eigenvalue weighted by molar-refractivity contribution is 5.86. The Bertz CT molecular complexity index is 433. The molecule has 0 saturated carbocycles. The summed E-state index contributed by atoms with van der Waals surface area (Å²) < 4.78 is 0. The molecule has 4 heteroatoms. The third-order valence-electron chi connectivity index (χ3n) is 4.07. The third kappa shape index (κ3) is 4.83. The predicted molar refractivity (Wildman–Crippen MR) is 87.9 cm³/mol. The number of amides is 1. The van der Waals surface area contributed by atoms with Gasteiger partial charge in [0, 0.05) is 6.54 Å². The number of hydrogen-bond acceptors (Lipinski definition) is 3. The van der Waals surface area contributed by atoms with Crippen LogP contribution in [0.5, 0.6) is 0 Å². The van der Waals surface area contributed by atoms with Crippen LogP contribution in [0, 0.1) is 5.92 Å². The highest BCUT2D eigenvalue weighted by Gasteiger charge is 2.36. The summed E-state index contributed by atoms with van der Waals surface area (Å²) in [5.41, 5.74) is 5.83. The topological polar surface area (TPSA) is 58.4 Å². The minimum absolute atomic E-state index is 0.326. The van der Waals surface area contributed by atoms with Crippen LogP contribution in [0.25, 0.3) is 0 Å². The number of hydrogen-bond donors (Lipinski definition) is 2. The lowest BCUT2D eigenvalue weighted by atomic mass is 9.85. The molecule has 1 amide bonds. The lowest BCUT2D eigenvalue weighted by molar-refractivity contribution is -0.125. The van der Waals surface area contributed by atoms with E-state index in [1.54, 1.807) is 7.05 Å². The van der Waals surface area contributed by atoms with E-state index in [9.17, 15) is 4.79 Å². The van der Waals surface area contributed by atoms with Gasteiger partial charge in [-0.2, -0.15) is 0 Å². The summed E-state index contributed by atoms with van der Waals surface area (Å²) in [5, 5.41) is 3.15. The van der Waals surface area contributed by atoms with Crippen LogP contribution in [-0.2, 0) is 10.3 Å². The lowest BCUT2D eigenvalue weighted by Crippen LogP contribution is -2.52. The first-order valence-corrected chi connectivity index (χ1v) is 7.65. The Balaban J connectivity index is 2.78. The number of nitrogens with zero attached hydrogens (tertiary/aromatic N) is 1. The van der Waals surface area contributed by atoms with Crippen LogP contribution >= 0.6 is 0 Å². The zero-order valence-electron chi connectivity index (χ0n) is 13.7. The first-order chi connectivity index (χ1) is 9.92. The monoisotopic (exact) mass is 291 g/mol. The third-order valence-corrected chi connectivity index (χ3v) is 4.07. The molecule has 1 atom stereocenters. The quantitative estimate of drug-likeness (QED) is 0.731. The largest absolute Gasteiger partial charge is 0.368 e. The van der Waals surface area contributed by atoms with Crippen molar-refractivity contribution in [1.82, 2.24) is 10.2 Å². The molecule has 4 nitrogen and oxygen atoms in total. The molecule has 0 aliphatic carbocycles. The number of nitrogens with one attached hydrogen (secondary N) is 1. The van der Waals surface area contributed by atoms with Crippen LogP contribution in [0.4, 0.5) is 0 Å². The summed E-state index contributed by atoms with van der Waals surface area (Å²) in [6.45, 7) is 6.30. The molecular formula is C17H29N3O. The number of likely N-dealkylation sites (N-methyl/N-ethyl adjacent to an activating group) is 1. The molecule has 0 aliphatic heterocycles. The van der Waals surface area contributed by atoms with Crippen molar-refractivity contribution < 1.29 is 4.79 Å². The van der Waals surface area contributed by atoms with E-state index in [1.807, 2.05) is 30.3 Å². The van der Waals surface area contributed by atoms with Crippen LogP contribution in [-0.4, -0.2) is 38.0 Å². The Morgan fingerprint density at radius 1 is 1.29 bits per heavy atom.